The molecule has 0 amide bonds. The van der Waals surface area contributed by atoms with Crippen LogP contribution in [0.25, 0.3) is 0 Å². The number of hydrogen-bond donors (Lipinski definition) is 1. The zero-order valence-corrected chi connectivity index (χ0v) is 19.4. The summed E-state index contributed by atoms with van der Waals surface area (Å²) >= 11 is 0. The molecule has 0 radical (unpaired) electrons. The fourth-order valence-corrected chi connectivity index (χ4v) is 3.27. The second kappa shape index (κ2) is 11.0. The lowest BCUT2D eigenvalue weighted by molar-refractivity contribution is 0.385. The molecule has 0 fully saturated rings. The molecule has 0 spiro atoms. The Morgan fingerprint density at radius 1 is 1.17 bits per heavy atom. The molecule has 156 valence electrons. The second-order valence-corrected chi connectivity index (χ2v) is 6.77. The average Bonchev–Trinajstić information content (AvgIpc) is 3.24. The summed E-state index contributed by atoms with van der Waals surface area (Å²) in [5, 5.41) is 3.38. The van der Waals surface area contributed by atoms with Gasteiger partial charge in [0.25, 0.3) is 0 Å². The van der Waals surface area contributed by atoms with Crippen molar-refractivity contribution < 1.29 is 9.13 Å². The summed E-state index contributed by atoms with van der Waals surface area (Å²) in [5.41, 5.74) is 3.27. The third-order valence-corrected chi connectivity index (χ3v) is 4.75. The van der Waals surface area contributed by atoms with Crippen LogP contribution in [0.1, 0.15) is 11.1 Å². The van der Waals surface area contributed by atoms with E-state index >= 15 is 0 Å². The van der Waals surface area contributed by atoms with E-state index in [0.717, 1.165) is 24.6 Å². The van der Waals surface area contributed by atoms with E-state index in [-0.39, 0.29) is 35.5 Å². The van der Waals surface area contributed by atoms with Crippen LogP contribution < -0.4 is 15.0 Å². The second-order valence-electron chi connectivity index (χ2n) is 6.77. The van der Waals surface area contributed by atoms with Gasteiger partial charge in [-0.1, -0.05) is 30.4 Å². The quantitative estimate of drug-likeness (QED) is 0.276. The van der Waals surface area contributed by atoms with Crippen molar-refractivity contribution in [3.63, 3.8) is 0 Å². The van der Waals surface area contributed by atoms with Gasteiger partial charge in [-0.05, 0) is 35.4 Å². The van der Waals surface area contributed by atoms with Gasteiger partial charge in [0.1, 0.15) is 0 Å². The summed E-state index contributed by atoms with van der Waals surface area (Å²) in [6.45, 7) is 3.13. The van der Waals surface area contributed by atoms with Gasteiger partial charge in [-0.25, -0.2) is 4.39 Å². The van der Waals surface area contributed by atoms with Crippen LogP contribution in [0.4, 0.5) is 10.1 Å². The van der Waals surface area contributed by atoms with Crippen LogP contribution in [-0.4, -0.2) is 45.2 Å². The topological polar surface area (TPSA) is 40.1 Å². The number of halogens is 2. The van der Waals surface area contributed by atoms with E-state index in [2.05, 4.69) is 51.6 Å². The van der Waals surface area contributed by atoms with E-state index in [1.807, 2.05) is 18.0 Å². The van der Waals surface area contributed by atoms with Crippen molar-refractivity contribution in [1.29, 1.82) is 0 Å². The number of guanidine groups is 1. The van der Waals surface area contributed by atoms with E-state index in [9.17, 15) is 4.39 Å². The monoisotopic (exact) mass is 510 g/mol. The van der Waals surface area contributed by atoms with Crippen molar-refractivity contribution in [2.45, 2.75) is 13.1 Å². The molecule has 0 saturated heterocycles. The standard InChI is InChI=1S/C22H27FN4O.HI/c1-24-22(26(2)16-18-9-10-21(28-3)20(23)14-18)25-15-17-7-6-8-19(13-17)27-11-4-5-12-27;/h4-10,13-14H,11-12,15-16H2,1-3H3,(H,24,25);1H. The van der Waals surface area contributed by atoms with Crippen molar-refractivity contribution in [2.75, 3.05) is 39.2 Å². The van der Waals surface area contributed by atoms with Crippen LogP contribution in [-0.2, 0) is 13.1 Å². The third-order valence-electron chi connectivity index (χ3n) is 4.75. The van der Waals surface area contributed by atoms with E-state index < -0.39 is 0 Å². The summed E-state index contributed by atoms with van der Waals surface area (Å²) in [6, 6.07) is 13.5. The Balaban J connectivity index is 0.00000300. The molecule has 0 unspecified atom stereocenters. The van der Waals surface area contributed by atoms with Gasteiger partial charge in [0.15, 0.2) is 17.5 Å². The molecule has 0 aliphatic carbocycles. The minimum Gasteiger partial charge on any atom is -0.494 e. The van der Waals surface area contributed by atoms with E-state index in [1.54, 1.807) is 13.1 Å². The van der Waals surface area contributed by atoms with Gasteiger partial charge in [0.2, 0.25) is 0 Å². The summed E-state index contributed by atoms with van der Waals surface area (Å²) in [4.78, 5) is 8.64. The van der Waals surface area contributed by atoms with Crippen molar-refractivity contribution in [2.24, 2.45) is 4.99 Å². The summed E-state index contributed by atoms with van der Waals surface area (Å²) in [6.07, 6.45) is 4.37. The zero-order valence-electron chi connectivity index (χ0n) is 17.1. The molecule has 0 atom stereocenters. The van der Waals surface area contributed by atoms with Gasteiger partial charge in [0.05, 0.1) is 7.11 Å². The number of benzene rings is 2. The lowest BCUT2D eigenvalue weighted by atomic mass is 10.2. The molecular weight excluding hydrogens is 482 g/mol. The Labute approximate surface area is 189 Å². The molecule has 0 saturated carbocycles. The Bertz CT molecular complexity index is 864. The van der Waals surface area contributed by atoms with Gasteiger partial charge < -0.3 is 19.9 Å². The highest BCUT2D eigenvalue weighted by atomic mass is 127. The number of ether oxygens (including phenoxy) is 1. The van der Waals surface area contributed by atoms with Gasteiger partial charge in [-0.2, -0.15) is 0 Å². The lowest BCUT2D eigenvalue weighted by Crippen LogP contribution is -2.38. The fraction of sp³-hybridized carbons (Fsp3) is 0.318. The minimum absolute atomic E-state index is 0. The van der Waals surface area contributed by atoms with Gasteiger partial charge in [-0.15, -0.1) is 24.0 Å². The SMILES string of the molecule is CN=C(NCc1cccc(N2CC=CC2)c1)N(C)Cc1ccc(OC)c(F)c1.I. The molecule has 1 aliphatic heterocycles. The van der Waals surface area contributed by atoms with E-state index in [4.69, 9.17) is 4.74 Å². The smallest absolute Gasteiger partial charge is 0.193 e. The Hall–Kier alpha value is -2.29. The van der Waals surface area contributed by atoms with Crippen molar-refractivity contribution >= 4 is 35.6 Å². The molecule has 29 heavy (non-hydrogen) atoms. The molecule has 1 heterocycles. The van der Waals surface area contributed by atoms with Crippen LogP contribution in [0.3, 0.4) is 0 Å². The molecule has 1 N–H and O–H groups in total. The van der Waals surface area contributed by atoms with Gasteiger partial charge >= 0.3 is 0 Å². The first-order valence-corrected chi connectivity index (χ1v) is 9.34. The molecule has 0 bridgehead atoms. The highest BCUT2D eigenvalue weighted by molar-refractivity contribution is 14.0. The molecular formula is C22H28FIN4O. The maximum Gasteiger partial charge on any atom is 0.193 e. The Morgan fingerprint density at radius 3 is 2.59 bits per heavy atom. The molecule has 0 aromatic heterocycles. The van der Waals surface area contributed by atoms with E-state index in [0.29, 0.717) is 13.1 Å². The van der Waals surface area contributed by atoms with Crippen LogP contribution in [0.5, 0.6) is 5.75 Å². The van der Waals surface area contributed by atoms with Gasteiger partial charge in [-0.3, -0.25) is 4.99 Å². The maximum absolute atomic E-state index is 13.9. The highest BCUT2D eigenvalue weighted by Crippen LogP contribution is 2.19. The number of nitrogens with one attached hydrogen (secondary N) is 1. The van der Waals surface area contributed by atoms with Gasteiger partial charge in [0, 0.05) is 46.0 Å². The van der Waals surface area contributed by atoms with Crippen LogP contribution in [0.2, 0.25) is 0 Å². The van der Waals surface area contributed by atoms with E-state index in [1.165, 1.54) is 24.4 Å². The Morgan fingerprint density at radius 2 is 1.93 bits per heavy atom. The van der Waals surface area contributed by atoms with Crippen LogP contribution in [0, 0.1) is 5.82 Å². The predicted octanol–water partition coefficient (Wildman–Crippen LogP) is 4.04. The summed E-state index contributed by atoms with van der Waals surface area (Å²) < 4.78 is 18.9. The number of methoxy groups -OCH3 is 1. The molecule has 3 rings (SSSR count). The number of anilines is 1. The number of nitrogens with zero attached hydrogens (tertiary/aromatic N) is 3. The first-order chi connectivity index (χ1) is 13.6. The zero-order chi connectivity index (χ0) is 19.9. The number of rotatable bonds is 6. The largest absolute Gasteiger partial charge is 0.494 e. The van der Waals surface area contributed by atoms with Crippen molar-refractivity contribution in [1.82, 2.24) is 10.2 Å². The molecule has 2 aromatic rings. The van der Waals surface area contributed by atoms with Crippen LogP contribution >= 0.6 is 24.0 Å². The Kier molecular flexibility index (Phi) is 8.75. The van der Waals surface area contributed by atoms with Crippen molar-refractivity contribution in [3.05, 3.63) is 71.6 Å². The average molecular weight is 510 g/mol. The minimum atomic E-state index is -0.357. The first-order valence-electron chi connectivity index (χ1n) is 9.34. The number of hydrogen-bond acceptors (Lipinski definition) is 3. The lowest BCUT2D eigenvalue weighted by Gasteiger charge is -2.23. The predicted molar refractivity (Wildman–Crippen MR) is 128 cm³/mol. The summed E-state index contributed by atoms with van der Waals surface area (Å²) in [7, 11) is 5.15. The summed E-state index contributed by atoms with van der Waals surface area (Å²) in [5.74, 6) is 0.649. The number of aliphatic imine (C=N–C) groups is 1. The molecule has 2 aromatic carbocycles. The molecule has 5 nitrogen and oxygen atoms in total. The maximum atomic E-state index is 13.9. The normalized spacial score (nSPS) is 13.2. The third kappa shape index (κ3) is 6.09. The van der Waals surface area contributed by atoms with Crippen LogP contribution in [0.15, 0.2) is 59.6 Å². The molecule has 7 heteroatoms. The fourth-order valence-electron chi connectivity index (χ4n) is 3.27. The first kappa shape index (κ1) is 23.0. The van der Waals surface area contributed by atoms with Crippen molar-refractivity contribution in [3.8, 4) is 5.75 Å². The highest BCUT2D eigenvalue weighted by Gasteiger charge is 2.11. The molecule has 1 aliphatic rings.